The topological polar surface area (TPSA) is 75.3 Å². The van der Waals surface area contributed by atoms with Crippen LogP contribution in [0.5, 0.6) is 0 Å². The summed E-state index contributed by atoms with van der Waals surface area (Å²) in [5.41, 5.74) is 5.08. The number of anilines is 2. The third-order valence-electron chi connectivity index (χ3n) is 3.07. The molecule has 1 saturated heterocycles. The lowest BCUT2D eigenvalue weighted by Gasteiger charge is -2.20. The normalized spacial score (nSPS) is 24.7. The summed E-state index contributed by atoms with van der Waals surface area (Å²) in [7, 11) is 0. The predicted octanol–water partition coefficient (Wildman–Crippen LogP) is 1.23. The number of nitrogen functional groups attached to an aromatic ring is 1. The van der Waals surface area contributed by atoms with Crippen LogP contribution in [0.3, 0.4) is 0 Å². The Bertz CT molecular complexity index is 566. The first kappa shape index (κ1) is 10.7. The van der Waals surface area contributed by atoms with Crippen molar-refractivity contribution < 1.29 is 5.11 Å². The van der Waals surface area contributed by atoms with Gasteiger partial charge in [0.05, 0.1) is 11.0 Å². The van der Waals surface area contributed by atoms with Crippen LogP contribution >= 0.6 is 11.3 Å². The number of nitrogens with two attached hydrogens (primary N) is 1. The molecule has 3 rings (SSSR count). The van der Waals surface area contributed by atoms with Crippen molar-refractivity contribution in [3.8, 4) is 0 Å². The van der Waals surface area contributed by atoms with E-state index in [2.05, 4.69) is 14.9 Å². The summed E-state index contributed by atoms with van der Waals surface area (Å²) >= 11 is 1.55. The number of hydrogen-bond donors (Lipinski definition) is 2. The van der Waals surface area contributed by atoms with Gasteiger partial charge in [-0.25, -0.2) is 4.98 Å². The highest BCUT2D eigenvalue weighted by atomic mass is 32.1. The fraction of sp³-hybridized carbons (Fsp3) is 0.455. The molecule has 1 atom stereocenters. The average Bonchev–Trinajstić information content (AvgIpc) is 2.82. The van der Waals surface area contributed by atoms with Crippen LogP contribution in [0.25, 0.3) is 10.2 Å². The Hall–Kier alpha value is -1.40. The zero-order valence-corrected chi connectivity index (χ0v) is 10.4. The van der Waals surface area contributed by atoms with Gasteiger partial charge in [0.25, 0.3) is 0 Å². The Balaban J connectivity index is 2.08. The molecule has 0 aliphatic carbocycles. The van der Waals surface area contributed by atoms with E-state index in [1.165, 1.54) is 0 Å². The second kappa shape index (κ2) is 3.54. The molecule has 1 unspecified atom stereocenters. The van der Waals surface area contributed by atoms with E-state index < -0.39 is 5.60 Å². The molecule has 90 valence electrons. The van der Waals surface area contributed by atoms with Crippen LogP contribution in [-0.4, -0.2) is 33.8 Å². The lowest BCUT2D eigenvalue weighted by Crippen LogP contribution is -2.30. The second-order valence-corrected chi connectivity index (χ2v) is 5.61. The summed E-state index contributed by atoms with van der Waals surface area (Å²) < 4.78 is 0. The summed E-state index contributed by atoms with van der Waals surface area (Å²) in [6.07, 6.45) is 0.753. The monoisotopic (exact) mass is 250 g/mol. The Kier molecular flexibility index (Phi) is 2.24. The van der Waals surface area contributed by atoms with Gasteiger partial charge in [-0.2, -0.15) is 4.98 Å². The van der Waals surface area contributed by atoms with Crippen LogP contribution in [0.4, 0.5) is 11.8 Å². The van der Waals surface area contributed by atoms with Crippen molar-refractivity contribution in [3.05, 3.63) is 11.4 Å². The van der Waals surface area contributed by atoms with Crippen molar-refractivity contribution >= 4 is 33.3 Å². The van der Waals surface area contributed by atoms with Crippen molar-refractivity contribution in [1.82, 2.24) is 9.97 Å². The molecule has 5 nitrogen and oxygen atoms in total. The minimum Gasteiger partial charge on any atom is -0.388 e. The molecule has 0 spiro atoms. The third kappa shape index (κ3) is 1.83. The molecule has 1 aliphatic rings. The molecule has 0 aromatic carbocycles. The Morgan fingerprint density at radius 2 is 2.35 bits per heavy atom. The van der Waals surface area contributed by atoms with Crippen LogP contribution in [0.2, 0.25) is 0 Å². The first-order valence-corrected chi connectivity index (χ1v) is 6.41. The van der Waals surface area contributed by atoms with Gasteiger partial charge in [-0.1, -0.05) is 0 Å². The molecule has 0 amide bonds. The molecule has 1 fully saturated rings. The fourth-order valence-corrected chi connectivity index (χ4v) is 2.99. The maximum Gasteiger partial charge on any atom is 0.223 e. The van der Waals surface area contributed by atoms with Gasteiger partial charge in [0, 0.05) is 13.1 Å². The number of aliphatic hydroxyl groups is 1. The highest BCUT2D eigenvalue weighted by Crippen LogP contribution is 2.32. The lowest BCUT2D eigenvalue weighted by atomic mass is 10.1. The van der Waals surface area contributed by atoms with Crippen molar-refractivity contribution in [2.45, 2.75) is 18.9 Å². The molecule has 0 radical (unpaired) electrons. The molecule has 0 saturated carbocycles. The summed E-state index contributed by atoms with van der Waals surface area (Å²) in [6, 6.07) is 2.00. The quantitative estimate of drug-likeness (QED) is 0.796. The van der Waals surface area contributed by atoms with E-state index in [-0.39, 0.29) is 0 Å². The van der Waals surface area contributed by atoms with Crippen molar-refractivity contribution in [2.75, 3.05) is 23.7 Å². The zero-order valence-electron chi connectivity index (χ0n) is 9.55. The van der Waals surface area contributed by atoms with Crippen molar-refractivity contribution in [2.24, 2.45) is 0 Å². The molecule has 0 bridgehead atoms. The number of nitrogens with zero attached hydrogens (tertiary/aromatic N) is 3. The van der Waals surface area contributed by atoms with Gasteiger partial charge in [-0.05, 0) is 24.8 Å². The molecular formula is C11H14N4OS. The van der Waals surface area contributed by atoms with Gasteiger partial charge in [-0.3, -0.25) is 0 Å². The summed E-state index contributed by atoms with van der Waals surface area (Å²) in [5.74, 6) is 1.13. The number of hydrogen-bond acceptors (Lipinski definition) is 6. The second-order valence-electron chi connectivity index (χ2n) is 4.71. The number of fused-ring (bicyclic) bond motifs is 1. The predicted molar refractivity (Wildman–Crippen MR) is 69.3 cm³/mol. The first-order chi connectivity index (χ1) is 8.05. The van der Waals surface area contributed by atoms with Gasteiger partial charge < -0.3 is 15.7 Å². The molecule has 3 N–H and O–H groups in total. The standard InChI is InChI=1S/C11H14N4OS/c1-11(16)3-4-15(6-11)8-7-2-5-17-9(7)14-10(12)13-8/h2,5,16H,3-4,6H2,1H3,(H2,12,13,14). The van der Waals surface area contributed by atoms with E-state index in [4.69, 9.17) is 5.73 Å². The number of β-amino-alcohol motifs (C(OH)–C–C–N with tert-alkyl or cyclic N) is 1. The number of rotatable bonds is 1. The summed E-state index contributed by atoms with van der Waals surface area (Å²) in [5, 5.41) is 13.0. The zero-order chi connectivity index (χ0) is 12.0. The summed E-state index contributed by atoms with van der Waals surface area (Å²) in [4.78, 5) is 11.5. The lowest BCUT2D eigenvalue weighted by molar-refractivity contribution is 0.0839. The van der Waals surface area contributed by atoms with Crippen molar-refractivity contribution in [3.63, 3.8) is 0 Å². The molecule has 17 heavy (non-hydrogen) atoms. The highest BCUT2D eigenvalue weighted by molar-refractivity contribution is 7.16. The largest absolute Gasteiger partial charge is 0.388 e. The SMILES string of the molecule is CC1(O)CCN(c2nc(N)nc3sccc23)C1. The minimum atomic E-state index is -0.637. The van der Waals surface area contributed by atoms with E-state index >= 15 is 0 Å². The van der Waals surface area contributed by atoms with E-state index in [1.807, 2.05) is 18.4 Å². The summed E-state index contributed by atoms with van der Waals surface area (Å²) in [6.45, 7) is 3.24. The van der Waals surface area contributed by atoms with Gasteiger partial charge >= 0.3 is 0 Å². The Morgan fingerprint density at radius 1 is 1.53 bits per heavy atom. The minimum absolute atomic E-state index is 0.293. The Morgan fingerprint density at radius 3 is 3.06 bits per heavy atom. The van der Waals surface area contributed by atoms with Crippen molar-refractivity contribution in [1.29, 1.82) is 0 Å². The van der Waals surface area contributed by atoms with Gasteiger partial charge in [0.1, 0.15) is 10.6 Å². The average molecular weight is 250 g/mol. The highest BCUT2D eigenvalue weighted by Gasteiger charge is 2.33. The first-order valence-electron chi connectivity index (χ1n) is 5.53. The molecule has 6 heteroatoms. The maximum atomic E-state index is 10.0. The Labute approximate surface area is 103 Å². The fourth-order valence-electron chi connectivity index (χ4n) is 2.22. The van der Waals surface area contributed by atoms with E-state index in [1.54, 1.807) is 11.3 Å². The van der Waals surface area contributed by atoms with E-state index in [0.29, 0.717) is 12.5 Å². The van der Waals surface area contributed by atoms with Crippen LogP contribution in [0.1, 0.15) is 13.3 Å². The van der Waals surface area contributed by atoms with Gasteiger partial charge in [-0.15, -0.1) is 11.3 Å². The molecule has 2 aromatic rings. The maximum absolute atomic E-state index is 10.0. The molecule has 3 heterocycles. The van der Waals surface area contributed by atoms with Crippen LogP contribution in [0, 0.1) is 0 Å². The van der Waals surface area contributed by atoms with Crippen LogP contribution in [-0.2, 0) is 0 Å². The van der Waals surface area contributed by atoms with Gasteiger partial charge in [0.2, 0.25) is 5.95 Å². The van der Waals surface area contributed by atoms with Crippen LogP contribution < -0.4 is 10.6 Å². The number of aromatic nitrogens is 2. The third-order valence-corrected chi connectivity index (χ3v) is 3.88. The van der Waals surface area contributed by atoms with E-state index in [9.17, 15) is 5.11 Å². The molecule has 1 aliphatic heterocycles. The molecular weight excluding hydrogens is 236 g/mol. The molecule has 2 aromatic heterocycles. The number of thiophene rings is 1. The van der Waals surface area contributed by atoms with E-state index in [0.717, 1.165) is 29.0 Å². The van der Waals surface area contributed by atoms with Gasteiger partial charge in [0.15, 0.2) is 0 Å². The van der Waals surface area contributed by atoms with Crippen LogP contribution in [0.15, 0.2) is 11.4 Å². The smallest absolute Gasteiger partial charge is 0.223 e.